The van der Waals surface area contributed by atoms with Gasteiger partial charge in [-0.2, -0.15) is 0 Å². The van der Waals surface area contributed by atoms with E-state index in [-0.39, 0.29) is 0 Å². The molecule has 0 spiro atoms. The first kappa shape index (κ1) is 11.7. The van der Waals surface area contributed by atoms with Crippen molar-refractivity contribution < 1.29 is 4.74 Å². The zero-order valence-electron chi connectivity index (χ0n) is 10.4. The SMILES string of the molecule is CC(C)CN1C(N)=NCC1C1CCOCC1. The molecule has 92 valence electrons. The molecule has 2 rings (SSSR count). The third-order valence-corrected chi connectivity index (χ3v) is 3.51. The van der Waals surface area contributed by atoms with Crippen LogP contribution in [0, 0.1) is 11.8 Å². The summed E-state index contributed by atoms with van der Waals surface area (Å²) in [5.41, 5.74) is 5.97. The molecule has 2 N–H and O–H groups in total. The second-order valence-corrected chi connectivity index (χ2v) is 5.26. The fourth-order valence-corrected chi connectivity index (χ4v) is 2.67. The Labute approximate surface area is 97.9 Å². The van der Waals surface area contributed by atoms with Gasteiger partial charge in [0.1, 0.15) is 0 Å². The van der Waals surface area contributed by atoms with Crippen LogP contribution in [0.15, 0.2) is 4.99 Å². The van der Waals surface area contributed by atoms with Crippen LogP contribution in [-0.4, -0.2) is 43.2 Å². The van der Waals surface area contributed by atoms with E-state index in [0.29, 0.717) is 17.9 Å². The van der Waals surface area contributed by atoms with Crippen molar-refractivity contribution in [1.29, 1.82) is 0 Å². The van der Waals surface area contributed by atoms with E-state index in [1.54, 1.807) is 0 Å². The van der Waals surface area contributed by atoms with Crippen LogP contribution < -0.4 is 5.73 Å². The Morgan fingerprint density at radius 2 is 2.12 bits per heavy atom. The Hall–Kier alpha value is -0.770. The predicted octanol–water partition coefficient (Wildman–Crippen LogP) is 1.07. The summed E-state index contributed by atoms with van der Waals surface area (Å²) >= 11 is 0. The molecule has 0 aromatic heterocycles. The Morgan fingerprint density at radius 3 is 2.75 bits per heavy atom. The van der Waals surface area contributed by atoms with Gasteiger partial charge in [0.15, 0.2) is 5.96 Å². The van der Waals surface area contributed by atoms with Gasteiger partial charge in [-0.3, -0.25) is 4.99 Å². The maximum absolute atomic E-state index is 5.97. The number of nitrogens with zero attached hydrogens (tertiary/aromatic N) is 2. The highest BCUT2D eigenvalue weighted by Gasteiger charge is 2.33. The molecular formula is C12H23N3O. The summed E-state index contributed by atoms with van der Waals surface area (Å²) < 4.78 is 5.42. The van der Waals surface area contributed by atoms with Crippen LogP contribution in [0.4, 0.5) is 0 Å². The van der Waals surface area contributed by atoms with E-state index in [9.17, 15) is 0 Å². The average molecular weight is 225 g/mol. The fraction of sp³-hybridized carbons (Fsp3) is 0.917. The normalized spacial score (nSPS) is 27.6. The Kier molecular flexibility index (Phi) is 3.69. The summed E-state index contributed by atoms with van der Waals surface area (Å²) in [4.78, 5) is 6.71. The van der Waals surface area contributed by atoms with Crippen LogP contribution >= 0.6 is 0 Å². The van der Waals surface area contributed by atoms with Gasteiger partial charge in [-0.05, 0) is 24.7 Å². The van der Waals surface area contributed by atoms with Gasteiger partial charge in [0.2, 0.25) is 0 Å². The number of aliphatic imine (C=N–C) groups is 1. The molecule has 4 nitrogen and oxygen atoms in total. The van der Waals surface area contributed by atoms with Crippen molar-refractivity contribution in [3.05, 3.63) is 0 Å². The molecule has 2 heterocycles. The summed E-state index contributed by atoms with van der Waals surface area (Å²) in [7, 11) is 0. The molecule has 0 radical (unpaired) electrons. The van der Waals surface area contributed by atoms with Gasteiger partial charge in [-0.25, -0.2) is 0 Å². The minimum absolute atomic E-state index is 0.520. The molecule has 1 unspecified atom stereocenters. The third-order valence-electron chi connectivity index (χ3n) is 3.51. The number of rotatable bonds is 3. The van der Waals surface area contributed by atoms with Gasteiger partial charge in [0.25, 0.3) is 0 Å². The lowest BCUT2D eigenvalue weighted by molar-refractivity contribution is 0.0430. The first-order chi connectivity index (χ1) is 7.68. The number of hydrogen-bond donors (Lipinski definition) is 1. The molecule has 0 aromatic rings. The Balaban J connectivity index is 1.97. The van der Waals surface area contributed by atoms with Crippen LogP contribution in [0.2, 0.25) is 0 Å². The minimum atomic E-state index is 0.520. The summed E-state index contributed by atoms with van der Waals surface area (Å²) in [6.07, 6.45) is 2.31. The topological polar surface area (TPSA) is 50.8 Å². The number of guanidine groups is 1. The van der Waals surface area contributed by atoms with Crippen molar-refractivity contribution in [2.24, 2.45) is 22.6 Å². The largest absolute Gasteiger partial charge is 0.381 e. The zero-order valence-corrected chi connectivity index (χ0v) is 10.4. The Morgan fingerprint density at radius 1 is 1.44 bits per heavy atom. The fourth-order valence-electron chi connectivity index (χ4n) is 2.67. The molecule has 0 bridgehead atoms. The van der Waals surface area contributed by atoms with Crippen LogP contribution in [0.25, 0.3) is 0 Å². The van der Waals surface area contributed by atoms with Gasteiger partial charge in [0, 0.05) is 19.8 Å². The first-order valence-corrected chi connectivity index (χ1v) is 6.32. The van der Waals surface area contributed by atoms with Crippen molar-refractivity contribution in [3.8, 4) is 0 Å². The molecule has 0 aliphatic carbocycles. The summed E-state index contributed by atoms with van der Waals surface area (Å²) in [5.74, 6) is 2.08. The molecule has 1 saturated heterocycles. The lowest BCUT2D eigenvalue weighted by atomic mass is 9.91. The maximum Gasteiger partial charge on any atom is 0.191 e. The van der Waals surface area contributed by atoms with Crippen molar-refractivity contribution in [1.82, 2.24) is 4.90 Å². The highest BCUT2D eigenvalue weighted by molar-refractivity contribution is 5.80. The van der Waals surface area contributed by atoms with Crippen molar-refractivity contribution in [2.45, 2.75) is 32.7 Å². The molecule has 16 heavy (non-hydrogen) atoms. The van der Waals surface area contributed by atoms with E-state index in [4.69, 9.17) is 10.5 Å². The molecule has 0 amide bonds. The van der Waals surface area contributed by atoms with E-state index < -0.39 is 0 Å². The van der Waals surface area contributed by atoms with E-state index >= 15 is 0 Å². The summed E-state index contributed by atoms with van der Waals surface area (Å²) in [6.45, 7) is 8.16. The standard InChI is InChI=1S/C12H23N3O/c1-9(2)8-15-11(7-14-12(15)13)10-3-5-16-6-4-10/h9-11H,3-8H2,1-2H3,(H2,13,14). The Bertz CT molecular complexity index is 259. The lowest BCUT2D eigenvalue weighted by Gasteiger charge is -2.35. The van der Waals surface area contributed by atoms with Crippen molar-refractivity contribution >= 4 is 5.96 Å². The number of nitrogens with two attached hydrogens (primary N) is 1. The summed E-state index contributed by atoms with van der Waals surface area (Å²) in [6, 6.07) is 0.520. The van der Waals surface area contributed by atoms with Crippen LogP contribution in [0.5, 0.6) is 0 Å². The van der Waals surface area contributed by atoms with Crippen molar-refractivity contribution in [3.63, 3.8) is 0 Å². The zero-order chi connectivity index (χ0) is 11.5. The molecule has 1 atom stereocenters. The molecule has 0 aromatic carbocycles. The monoisotopic (exact) mass is 225 g/mol. The first-order valence-electron chi connectivity index (χ1n) is 6.32. The van der Waals surface area contributed by atoms with Gasteiger partial charge in [-0.15, -0.1) is 0 Å². The van der Waals surface area contributed by atoms with Crippen LogP contribution in [0.1, 0.15) is 26.7 Å². The highest BCUT2D eigenvalue weighted by Crippen LogP contribution is 2.26. The van der Waals surface area contributed by atoms with Gasteiger partial charge in [0.05, 0.1) is 12.6 Å². The molecule has 4 heteroatoms. The van der Waals surface area contributed by atoms with Crippen LogP contribution in [-0.2, 0) is 4.74 Å². The number of ether oxygens (including phenoxy) is 1. The minimum Gasteiger partial charge on any atom is -0.381 e. The van der Waals surface area contributed by atoms with E-state index in [2.05, 4.69) is 23.7 Å². The molecule has 0 saturated carbocycles. The van der Waals surface area contributed by atoms with Gasteiger partial charge < -0.3 is 15.4 Å². The van der Waals surface area contributed by atoms with E-state index in [0.717, 1.165) is 45.1 Å². The molecule has 1 fully saturated rings. The summed E-state index contributed by atoms with van der Waals surface area (Å²) in [5, 5.41) is 0. The van der Waals surface area contributed by atoms with Crippen LogP contribution in [0.3, 0.4) is 0 Å². The van der Waals surface area contributed by atoms with Crippen molar-refractivity contribution in [2.75, 3.05) is 26.3 Å². The average Bonchev–Trinajstić information content (AvgIpc) is 2.61. The lowest BCUT2D eigenvalue weighted by Crippen LogP contribution is -2.47. The molecular weight excluding hydrogens is 202 g/mol. The third kappa shape index (κ3) is 2.48. The maximum atomic E-state index is 5.97. The van der Waals surface area contributed by atoms with E-state index in [1.165, 1.54) is 0 Å². The molecule has 2 aliphatic heterocycles. The van der Waals surface area contributed by atoms with Gasteiger partial charge >= 0.3 is 0 Å². The quantitative estimate of drug-likeness (QED) is 0.781. The second-order valence-electron chi connectivity index (χ2n) is 5.26. The smallest absolute Gasteiger partial charge is 0.191 e. The predicted molar refractivity (Wildman–Crippen MR) is 65.4 cm³/mol. The second kappa shape index (κ2) is 5.04. The van der Waals surface area contributed by atoms with E-state index in [1.807, 2.05) is 0 Å². The number of hydrogen-bond acceptors (Lipinski definition) is 4. The van der Waals surface area contributed by atoms with Gasteiger partial charge in [-0.1, -0.05) is 13.8 Å². The molecule has 2 aliphatic rings. The highest BCUT2D eigenvalue weighted by atomic mass is 16.5.